The summed E-state index contributed by atoms with van der Waals surface area (Å²) in [5.41, 5.74) is 1.27. The van der Waals surface area contributed by atoms with Crippen molar-refractivity contribution in [2.75, 3.05) is 38.6 Å². The predicted octanol–water partition coefficient (Wildman–Crippen LogP) is 2.97. The largest absolute Gasteiger partial charge is 0.375 e. The summed E-state index contributed by atoms with van der Waals surface area (Å²) in [6.07, 6.45) is 7.08. The molecule has 0 aliphatic carbocycles. The molecule has 144 valence electrons. The van der Waals surface area contributed by atoms with Crippen molar-refractivity contribution in [2.45, 2.75) is 25.8 Å². The average Bonchev–Trinajstić information content (AvgIpc) is 3.17. The van der Waals surface area contributed by atoms with Crippen molar-refractivity contribution in [1.82, 2.24) is 20.4 Å². The molecule has 0 saturated carbocycles. The summed E-state index contributed by atoms with van der Waals surface area (Å²) in [6, 6.07) is 12.4. The Kier molecular flexibility index (Phi) is 11.5. The van der Waals surface area contributed by atoms with Crippen molar-refractivity contribution in [3.63, 3.8) is 0 Å². The van der Waals surface area contributed by atoms with E-state index in [0.29, 0.717) is 0 Å². The van der Waals surface area contributed by atoms with Crippen LogP contribution >= 0.6 is 24.0 Å². The number of hydrogen-bond donors (Lipinski definition) is 2. The fourth-order valence-corrected chi connectivity index (χ4v) is 2.59. The molecule has 0 aliphatic rings. The highest BCUT2D eigenvalue weighted by Gasteiger charge is 2.00. The molecule has 0 fully saturated rings. The lowest BCUT2D eigenvalue weighted by Gasteiger charge is -2.19. The molecule has 2 aromatic rings. The predicted molar refractivity (Wildman–Crippen MR) is 121 cm³/mol. The van der Waals surface area contributed by atoms with Gasteiger partial charge in [0.2, 0.25) is 0 Å². The Morgan fingerprint density at radius 3 is 2.46 bits per heavy atom. The van der Waals surface area contributed by atoms with Gasteiger partial charge in [0.25, 0.3) is 0 Å². The van der Waals surface area contributed by atoms with Gasteiger partial charge < -0.3 is 15.5 Å². The highest BCUT2D eigenvalue weighted by molar-refractivity contribution is 14.0. The van der Waals surface area contributed by atoms with Crippen LogP contribution in [0.15, 0.2) is 53.8 Å². The second kappa shape index (κ2) is 13.4. The zero-order valence-electron chi connectivity index (χ0n) is 15.8. The molecule has 6 nitrogen and oxygen atoms in total. The molecule has 0 saturated heterocycles. The second-order valence-electron chi connectivity index (χ2n) is 6.01. The van der Waals surface area contributed by atoms with Gasteiger partial charge in [-0.2, -0.15) is 5.10 Å². The molecular formula is C19H31IN6. The number of nitrogens with zero attached hydrogens (tertiary/aromatic N) is 4. The van der Waals surface area contributed by atoms with E-state index in [1.165, 1.54) is 5.69 Å². The number of halogens is 1. The molecule has 0 unspecified atom stereocenters. The van der Waals surface area contributed by atoms with Crippen LogP contribution in [0.25, 0.3) is 0 Å². The molecule has 0 atom stereocenters. The van der Waals surface area contributed by atoms with Gasteiger partial charge in [-0.1, -0.05) is 18.2 Å². The third-order valence-electron chi connectivity index (χ3n) is 4.05. The first kappa shape index (κ1) is 22.3. The minimum atomic E-state index is 0. The molecular weight excluding hydrogens is 439 g/mol. The summed E-state index contributed by atoms with van der Waals surface area (Å²) < 4.78 is 1.95. The molecule has 1 aromatic heterocycles. The van der Waals surface area contributed by atoms with Crippen LogP contribution in [0.4, 0.5) is 5.69 Å². The molecule has 26 heavy (non-hydrogen) atoms. The zero-order chi connectivity index (χ0) is 17.7. The number of aromatic nitrogens is 2. The normalized spacial score (nSPS) is 10.9. The molecule has 0 aliphatic heterocycles. The van der Waals surface area contributed by atoms with E-state index < -0.39 is 0 Å². The van der Waals surface area contributed by atoms with Crippen LogP contribution in [0, 0.1) is 0 Å². The summed E-state index contributed by atoms with van der Waals surface area (Å²) >= 11 is 0. The number of nitrogens with one attached hydrogen (secondary N) is 2. The maximum Gasteiger partial charge on any atom is 0.190 e. The molecule has 0 radical (unpaired) electrons. The van der Waals surface area contributed by atoms with Gasteiger partial charge in [0.1, 0.15) is 0 Å². The minimum absolute atomic E-state index is 0. The number of aryl methyl sites for hydroxylation is 1. The summed E-state index contributed by atoms with van der Waals surface area (Å²) in [4.78, 5) is 6.56. The lowest BCUT2D eigenvalue weighted by Crippen LogP contribution is -2.38. The molecule has 7 heteroatoms. The maximum atomic E-state index is 4.26. The molecule has 0 bridgehead atoms. The van der Waals surface area contributed by atoms with Crippen LogP contribution < -0.4 is 15.5 Å². The lowest BCUT2D eigenvalue weighted by atomic mass is 10.2. The van der Waals surface area contributed by atoms with E-state index >= 15 is 0 Å². The van der Waals surface area contributed by atoms with Crippen molar-refractivity contribution in [1.29, 1.82) is 0 Å². The van der Waals surface area contributed by atoms with Crippen LogP contribution in [-0.4, -0.2) is 49.5 Å². The van der Waals surface area contributed by atoms with Gasteiger partial charge in [-0.15, -0.1) is 24.0 Å². The van der Waals surface area contributed by atoms with E-state index in [0.717, 1.165) is 51.4 Å². The second-order valence-corrected chi connectivity index (χ2v) is 6.01. The number of aliphatic imine (C=N–C) groups is 1. The molecule has 2 rings (SSSR count). The molecule has 1 aromatic carbocycles. The summed E-state index contributed by atoms with van der Waals surface area (Å²) in [5, 5.41) is 10.9. The average molecular weight is 470 g/mol. The number of hydrogen-bond acceptors (Lipinski definition) is 3. The van der Waals surface area contributed by atoms with E-state index in [1.54, 1.807) is 0 Å². The van der Waals surface area contributed by atoms with Gasteiger partial charge >= 0.3 is 0 Å². The molecule has 0 spiro atoms. The van der Waals surface area contributed by atoms with Gasteiger partial charge in [-0.3, -0.25) is 9.67 Å². The number of rotatable bonds is 10. The first-order valence-electron chi connectivity index (χ1n) is 8.97. The maximum absolute atomic E-state index is 4.26. The quantitative estimate of drug-likeness (QED) is 0.243. The number of unbranched alkanes of at least 4 members (excludes halogenated alkanes) is 1. The Bertz CT molecular complexity index is 600. The SMILES string of the molecule is CN=C(NCCCCN(C)c1ccccc1)NCCCn1cccn1.I. The Hall–Kier alpha value is -1.77. The fraction of sp³-hybridized carbons (Fsp3) is 0.474. The topological polar surface area (TPSA) is 57.5 Å². The van der Waals surface area contributed by atoms with Crippen molar-refractivity contribution in [2.24, 2.45) is 4.99 Å². The van der Waals surface area contributed by atoms with E-state index in [1.807, 2.05) is 30.2 Å². The number of guanidine groups is 1. The lowest BCUT2D eigenvalue weighted by molar-refractivity contribution is 0.569. The Morgan fingerprint density at radius 1 is 1.08 bits per heavy atom. The van der Waals surface area contributed by atoms with Crippen LogP contribution in [0.1, 0.15) is 19.3 Å². The summed E-state index contributed by atoms with van der Waals surface area (Å²) in [5.74, 6) is 0.872. The van der Waals surface area contributed by atoms with Crippen LogP contribution in [0.5, 0.6) is 0 Å². The van der Waals surface area contributed by atoms with Crippen LogP contribution in [-0.2, 0) is 6.54 Å². The van der Waals surface area contributed by atoms with E-state index in [4.69, 9.17) is 0 Å². The van der Waals surface area contributed by atoms with E-state index in [2.05, 4.69) is 63.0 Å². The van der Waals surface area contributed by atoms with Crippen LogP contribution in [0.2, 0.25) is 0 Å². The molecule has 0 amide bonds. The fourth-order valence-electron chi connectivity index (χ4n) is 2.59. The van der Waals surface area contributed by atoms with Gasteiger partial charge in [0.15, 0.2) is 5.96 Å². The molecule has 2 N–H and O–H groups in total. The van der Waals surface area contributed by atoms with Gasteiger partial charge in [-0.25, -0.2) is 0 Å². The Labute approximate surface area is 174 Å². The first-order chi connectivity index (χ1) is 12.3. The van der Waals surface area contributed by atoms with Gasteiger partial charge in [0, 0.05) is 58.4 Å². The smallest absolute Gasteiger partial charge is 0.190 e. The zero-order valence-corrected chi connectivity index (χ0v) is 18.1. The number of benzene rings is 1. The van der Waals surface area contributed by atoms with E-state index in [9.17, 15) is 0 Å². The Morgan fingerprint density at radius 2 is 1.81 bits per heavy atom. The van der Waals surface area contributed by atoms with Crippen molar-refractivity contribution in [3.05, 3.63) is 48.8 Å². The number of para-hydroxylation sites is 1. The van der Waals surface area contributed by atoms with Crippen molar-refractivity contribution >= 4 is 35.6 Å². The first-order valence-corrected chi connectivity index (χ1v) is 8.97. The van der Waals surface area contributed by atoms with E-state index in [-0.39, 0.29) is 24.0 Å². The summed E-state index contributed by atoms with van der Waals surface area (Å²) in [7, 11) is 3.95. The number of anilines is 1. The summed E-state index contributed by atoms with van der Waals surface area (Å²) in [6.45, 7) is 3.79. The standard InChI is InChI=1S/C19H30N6.HI/c1-20-19(22-13-8-16-25-17-9-14-23-25)21-12-6-7-15-24(2)18-10-4-3-5-11-18;/h3-5,9-11,14,17H,6-8,12-13,15-16H2,1-2H3,(H2,20,21,22);1H. The Balaban J connectivity index is 0.00000338. The van der Waals surface area contributed by atoms with Crippen molar-refractivity contribution < 1.29 is 0 Å². The van der Waals surface area contributed by atoms with Gasteiger partial charge in [0.05, 0.1) is 0 Å². The highest BCUT2D eigenvalue weighted by Crippen LogP contribution is 2.11. The highest BCUT2D eigenvalue weighted by atomic mass is 127. The third kappa shape index (κ3) is 8.55. The monoisotopic (exact) mass is 470 g/mol. The third-order valence-corrected chi connectivity index (χ3v) is 4.05. The van der Waals surface area contributed by atoms with Gasteiger partial charge in [-0.05, 0) is 37.5 Å². The molecule has 1 heterocycles. The van der Waals surface area contributed by atoms with Crippen molar-refractivity contribution in [3.8, 4) is 0 Å². The van der Waals surface area contributed by atoms with Crippen LogP contribution in [0.3, 0.4) is 0 Å². The minimum Gasteiger partial charge on any atom is -0.375 e.